The first-order valence-corrected chi connectivity index (χ1v) is 14.2. The number of hydrogen-bond acceptors (Lipinski definition) is 4. The van der Waals surface area contributed by atoms with Crippen molar-refractivity contribution in [2.75, 3.05) is 6.61 Å². The lowest BCUT2D eigenvalue weighted by Gasteiger charge is -2.74. The fourth-order valence-corrected chi connectivity index (χ4v) is 11.7. The van der Waals surface area contributed by atoms with Gasteiger partial charge in [0.15, 0.2) is 5.78 Å². The second-order valence-electron chi connectivity index (χ2n) is 15.3. The molecule has 0 radical (unpaired) electrons. The number of fused-ring (bicyclic) bond motifs is 7. The molecule has 1 spiro atoms. The van der Waals surface area contributed by atoms with Crippen LogP contribution in [0.2, 0.25) is 0 Å². The number of aliphatic carboxylic acids is 1. The van der Waals surface area contributed by atoms with E-state index in [1.807, 2.05) is 6.92 Å². The summed E-state index contributed by atoms with van der Waals surface area (Å²) in [5.41, 5.74) is -0.236. The summed E-state index contributed by atoms with van der Waals surface area (Å²) in [6.45, 7) is 14.5. The van der Waals surface area contributed by atoms with E-state index in [4.69, 9.17) is 4.74 Å². The number of ketones is 1. The van der Waals surface area contributed by atoms with Crippen LogP contribution in [0.1, 0.15) is 106 Å². The summed E-state index contributed by atoms with van der Waals surface area (Å²) in [4.78, 5) is 25.5. The van der Waals surface area contributed by atoms with E-state index < -0.39 is 17.2 Å². The maximum absolute atomic E-state index is 13.2. The van der Waals surface area contributed by atoms with Gasteiger partial charge in [-0.05, 0) is 104 Å². The molecule has 6 fully saturated rings. The average molecular weight is 487 g/mol. The van der Waals surface area contributed by atoms with Crippen molar-refractivity contribution in [1.29, 1.82) is 0 Å². The second kappa shape index (κ2) is 6.73. The van der Waals surface area contributed by atoms with E-state index in [9.17, 15) is 19.8 Å². The Labute approximate surface area is 210 Å². The summed E-state index contributed by atoms with van der Waals surface area (Å²) in [6, 6.07) is 0. The Morgan fingerprint density at radius 2 is 1.51 bits per heavy atom. The summed E-state index contributed by atoms with van der Waals surface area (Å²) in [7, 11) is 0. The molecule has 1 saturated heterocycles. The lowest BCUT2D eigenvalue weighted by atomic mass is 9.30. The highest BCUT2D eigenvalue weighted by Gasteiger charge is 2.75. The molecular weight excluding hydrogens is 440 g/mol. The SMILES string of the molecule is C[C@@H]1[C@@]23CC[C@H]4[C@@](C)(CC[C@@]5(C)[C@@H]6C[C@](C)(C(=O)O)CC[C@]6(C)CC[C@]45C)[C@@H]2CC(=O)[C@]1(O)OC3. The highest BCUT2D eigenvalue weighted by atomic mass is 16.6. The van der Waals surface area contributed by atoms with Crippen molar-refractivity contribution in [2.45, 2.75) is 112 Å². The molecule has 5 heteroatoms. The van der Waals surface area contributed by atoms with Crippen molar-refractivity contribution in [3.05, 3.63) is 0 Å². The molecule has 0 unspecified atom stereocenters. The van der Waals surface area contributed by atoms with Crippen LogP contribution in [-0.2, 0) is 14.3 Å². The van der Waals surface area contributed by atoms with Gasteiger partial charge >= 0.3 is 5.97 Å². The lowest BCUT2D eigenvalue weighted by Crippen LogP contribution is -2.69. The molecule has 35 heavy (non-hydrogen) atoms. The van der Waals surface area contributed by atoms with Crippen LogP contribution in [0, 0.1) is 56.2 Å². The van der Waals surface area contributed by atoms with Crippen molar-refractivity contribution < 1.29 is 24.5 Å². The zero-order valence-corrected chi connectivity index (χ0v) is 22.7. The number of carboxylic acid groups (broad SMARTS) is 1. The molecule has 5 saturated carbocycles. The quantitative estimate of drug-likeness (QED) is 0.487. The molecule has 6 rings (SSSR count). The van der Waals surface area contributed by atoms with Crippen molar-refractivity contribution in [1.82, 2.24) is 0 Å². The van der Waals surface area contributed by atoms with Gasteiger partial charge in [0, 0.05) is 17.8 Å². The highest BCUT2D eigenvalue weighted by molar-refractivity contribution is 5.88. The molecule has 2 bridgehead atoms. The smallest absolute Gasteiger partial charge is 0.309 e. The molecule has 5 aliphatic carbocycles. The molecule has 1 aliphatic heterocycles. The number of carbonyl (C=O) groups excluding carboxylic acids is 1. The molecule has 11 atom stereocenters. The van der Waals surface area contributed by atoms with Gasteiger partial charge in [0.25, 0.3) is 0 Å². The van der Waals surface area contributed by atoms with Crippen molar-refractivity contribution in [3.8, 4) is 0 Å². The van der Waals surface area contributed by atoms with Crippen LogP contribution in [0.4, 0.5) is 0 Å². The predicted molar refractivity (Wildman–Crippen MR) is 132 cm³/mol. The Balaban J connectivity index is 1.41. The minimum absolute atomic E-state index is 0.0456. The van der Waals surface area contributed by atoms with E-state index in [1.165, 1.54) is 12.8 Å². The van der Waals surface area contributed by atoms with Crippen LogP contribution in [0.5, 0.6) is 0 Å². The van der Waals surface area contributed by atoms with E-state index in [0.29, 0.717) is 24.9 Å². The number of hydrogen-bond donors (Lipinski definition) is 2. The largest absolute Gasteiger partial charge is 0.481 e. The van der Waals surface area contributed by atoms with Gasteiger partial charge in [-0.25, -0.2) is 0 Å². The number of carboxylic acids is 1. The maximum atomic E-state index is 13.2. The summed E-state index contributed by atoms with van der Waals surface area (Å²) >= 11 is 0. The van der Waals surface area contributed by atoms with E-state index in [2.05, 4.69) is 34.6 Å². The topological polar surface area (TPSA) is 83.8 Å². The predicted octanol–water partition coefficient (Wildman–Crippen LogP) is 5.83. The lowest BCUT2D eigenvalue weighted by molar-refractivity contribution is -0.261. The number of Topliss-reactive ketones (excluding diaryl/α,β-unsaturated/α-hetero) is 1. The Morgan fingerprint density at radius 1 is 0.886 bits per heavy atom. The second-order valence-corrected chi connectivity index (χ2v) is 15.3. The minimum atomic E-state index is -1.58. The molecule has 0 aromatic heterocycles. The van der Waals surface area contributed by atoms with Crippen LogP contribution in [0.25, 0.3) is 0 Å². The fraction of sp³-hybridized carbons (Fsp3) is 0.933. The summed E-state index contributed by atoms with van der Waals surface area (Å²) in [5, 5.41) is 21.2. The summed E-state index contributed by atoms with van der Waals surface area (Å²) < 4.78 is 5.91. The number of ether oxygens (including phenoxy) is 1. The first kappa shape index (κ1) is 24.4. The molecule has 0 aromatic carbocycles. The molecule has 6 aliphatic rings. The molecule has 196 valence electrons. The number of rotatable bonds is 1. The van der Waals surface area contributed by atoms with Gasteiger partial charge in [-0.1, -0.05) is 34.6 Å². The summed E-state index contributed by atoms with van der Waals surface area (Å²) in [6.07, 6.45) is 9.75. The van der Waals surface area contributed by atoms with Crippen LogP contribution in [-0.4, -0.2) is 34.4 Å². The first-order valence-electron chi connectivity index (χ1n) is 14.2. The summed E-state index contributed by atoms with van der Waals surface area (Å²) in [5.74, 6) is -1.28. The molecule has 2 N–H and O–H groups in total. The zero-order valence-electron chi connectivity index (χ0n) is 22.7. The van der Waals surface area contributed by atoms with Gasteiger partial charge < -0.3 is 14.9 Å². The minimum Gasteiger partial charge on any atom is -0.481 e. The normalized spacial score (nSPS) is 61.3. The first-order chi connectivity index (χ1) is 16.1. The van der Waals surface area contributed by atoms with Gasteiger partial charge in [-0.15, -0.1) is 0 Å². The zero-order chi connectivity index (χ0) is 25.4. The van der Waals surface area contributed by atoms with Gasteiger partial charge in [0.2, 0.25) is 5.79 Å². The van der Waals surface area contributed by atoms with Crippen molar-refractivity contribution >= 4 is 11.8 Å². The van der Waals surface area contributed by atoms with Gasteiger partial charge in [0.05, 0.1) is 12.0 Å². The third-order valence-electron chi connectivity index (χ3n) is 14.5. The van der Waals surface area contributed by atoms with Crippen LogP contribution in [0.3, 0.4) is 0 Å². The molecule has 1 heterocycles. The van der Waals surface area contributed by atoms with Gasteiger partial charge in [0.1, 0.15) is 0 Å². The third-order valence-corrected chi connectivity index (χ3v) is 14.5. The molecule has 0 aromatic rings. The molecule has 0 amide bonds. The average Bonchev–Trinajstić information content (AvgIpc) is 2.97. The van der Waals surface area contributed by atoms with E-state index >= 15 is 0 Å². The van der Waals surface area contributed by atoms with Crippen LogP contribution >= 0.6 is 0 Å². The van der Waals surface area contributed by atoms with E-state index in [-0.39, 0.29) is 44.7 Å². The van der Waals surface area contributed by atoms with E-state index in [0.717, 1.165) is 44.9 Å². The Kier molecular flexibility index (Phi) is 4.69. The fourth-order valence-electron chi connectivity index (χ4n) is 11.7. The highest BCUT2D eigenvalue weighted by Crippen LogP contribution is 2.79. The Morgan fingerprint density at radius 3 is 2.20 bits per heavy atom. The Hall–Kier alpha value is -0.940. The Bertz CT molecular complexity index is 993. The van der Waals surface area contributed by atoms with Crippen LogP contribution < -0.4 is 0 Å². The van der Waals surface area contributed by atoms with Gasteiger partial charge in [-0.3, -0.25) is 9.59 Å². The maximum Gasteiger partial charge on any atom is 0.309 e. The third kappa shape index (κ3) is 2.59. The van der Waals surface area contributed by atoms with Crippen LogP contribution in [0.15, 0.2) is 0 Å². The van der Waals surface area contributed by atoms with Crippen molar-refractivity contribution in [3.63, 3.8) is 0 Å². The molecule has 5 nitrogen and oxygen atoms in total. The van der Waals surface area contributed by atoms with Crippen molar-refractivity contribution in [2.24, 2.45) is 56.2 Å². The monoisotopic (exact) mass is 486 g/mol. The molecular formula is C30H46O5. The van der Waals surface area contributed by atoms with Gasteiger partial charge in [-0.2, -0.15) is 0 Å². The standard InChI is InChI=1S/C30H46O5/c1-18-29-8-7-19-26(4,20(29)15-22(31)30(18,34)35-17-29)12-14-28(6)21-16-25(3,23(32)33)10-9-24(21,2)11-13-27(19,28)5/h18-21,34H,7-17H2,1-6H3,(H,32,33)/t18-,19+,20+,21-,24-,25-,26-,27-,28+,29+,30-/m1/s1. The number of carbonyl (C=O) groups is 2. The number of aliphatic hydroxyl groups is 1. The van der Waals surface area contributed by atoms with E-state index in [1.54, 1.807) is 0 Å².